The molecule has 0 radical (unpaired) electrons. The zero-order valence-electron chi connectivity index (χ0n) is 20.5. The first-order valence-corrected chi connectivity index (χ1v) is 12.5. The highest BCUT2D eigenvalue weighted by Gasteiger charge is 2.41. The number of halogens is 1. The number of hydrogen-bond acceptors (Lipinski definition) is 4. The standard InChI is InChI=1S/C28H29FN6O2/c1-31-18-28(35-17-23(25(30)36)26(33-35)32-27(37)21-8-9-21)11-13-34(14-12-28)16-19-7-10-22(24(29)15-19)20-5-3-2-4-6-20/h2-7,10,15,17,21H,8-9,11-14,16,18H2,(H2,30,36)(H,32,33,37). The molecule has 2 heterocycles. The average Bonchev–Trinajstić information content (AvgIpc) is 3.66. The summed E-state index contributed by atoms with van der Waals surface area (Å²) < 4.78 is 16.5. The summed E-state index contributed by atoms with van der Waals surface area (Å²) in [6.07, 6.45) is 4.46. The molecule has 2 amide bonds. The average molecular weight is 501 g/mol. The minimum absolute atomic E-state index is 0.0436. The first-order chi connectivity index (χ1) is 17.9. The number of hydrogen-bond donors (Lipinski definition) is 2. The zero-order chi connectivity index (χ0) is 26.0. The van der Waals surface area contributed by atoms with Gasteiger partial charge < -0.3 is 15.9 Å². The van der Waals surface area contributed by atoms with Crippen LogP contribution in [0, 0.1) is 18.3 Å². The summed E-state index contributed by atoms with van der Waals surface area (Å²) in [5, 5.41) is 7.27. The summed E-state index contributed by atoms with van der Waals surface area (Å²) in [5.74, 6) is -0.969. The van der Waals surface area contributed by atoms with E-state index in [-0.39, 0.29) is 35.6 Å². The van der Waals surface area contributed by atoms with Gasteiger partial charge in [-0.3, -0.25) is 19.2 Å². The van der Waals surface area contributed by atoms with Crippen molar-refractivity contribution in [3.8, 4) is 11.1 Å². The van der Waals surface area contributed by atoms with Crippen LogP contribution in [0.1, 0.15) is 41.6 Å². The van der Waals surface area contributed by atoms with Crippen LogP contribution in [-0.4, -0.2) is 46.1 Å². The third-order valence-electron chi connectivity index (χ3n) is 7.34. The molecule has 2 fully saturated rings. The highest BCUT2D eigenvalue weighted by Crippen LogP contribution is 2.34. The molecule has 3 N–H and O–H groups in total. The number of nitrogens with zero attached hydrogens (tertiary/aromatic N) is 4. The van der Waals surface area contributed by atoms with Gasteiger partial charge in [0.1, 0.15) is 16.9 Å². The lowest BCUT2D eigenvalue weighted by molar-refractivity contribution is -0.117. The Bertz CT molecular complexity index is 1350. The van der Waals surface area contributed by atoms with Crippen molar-refractivity contribution in [1.29, 1.82) is 0 Å². The molecule has 1 aliphatic heterocycles. The van der Waals surface area contributed by atoms with Crippen molar-refractivity contribution in [3.05, 3.63) is 83.1 Å². The van der Waals surface area contributed by atoms with E-state index in [0.717, 1.165) is 24.0 Å². The first kappa shape index (κ1) is 24.7. The molecule has 1 aliphatic carbocycles. The number of carbonyl (C=O) groups excluding carboxylic acids is 2. The Labute approximate surface area is 215 Å². The number of nitrogens with one attached hydrogen (secondary N) is 1. The molecule has 0 bridgehead atoms. The van der Waals surface area contributed by atoms with Crippen LogP contribution >= 0.6 is 0 Å². The van der Waals surface area contributed by atoms with Gasteiger partial charge in [0.2, 0.25) is 12.5 Å². The van der Waals surface area contributed by atoms with Gasteiger partial charge in [0, 0.05) is 37.3 Å². The van der Waals surface area contributed by atoms with Crippen LogP contribution in [0.3, 0.4) is 0 Å². The Balaban J connectivity index is 1.30. The minimum atomic E-state index is -0.672. The van der Waals surface area contributed by atoms with Gasteiger partial charge in [-0.05, 0) is 42.9 Å². The molecule has 2 aliphatic rings. The lowest BCUT2D eigenvalue weighted by atomic mass is 9.87. The SMILES string of the molecule is [C-]#[N+]CC1(n2cc(C(N)=O)c(NC(=O)C3CC3)n2)CCN(Cc2ccc(-c3ccccc3)c(F)c2)CC1. The van der Waals surface area contributed by atoms with Crippen LogP contribution in [0.5, 0.6) is 0 Å². The van der Waals surface area contributed by atoms with E-state index in [9.17, 15) is 14.0 Å². The van der Waals surface area contributed by atoms with E-state index < -0.39 is 11.4 Å². The number of likely N-dealkylation sites (tertiary alicyclic amines) is 1. The van der Waals surface area contributed by atoms with Gasteiger partial charge in [-0.25, -0.2) is 11.0 Å². The second kappa shape index (κ2) is 10.1. The molecule has 5 rings (SSSR count). The summed E-state index contributed by atoms with van der Waals surface area (Å²) in [7, 11) is 0. The lowest BCUT2D eigenvalue weighted by Crippen LogP contribution is -2.48. The van der Waals surface area contributed by atoms with Crippen molar-refractivity contribution in [2.75, 3.05) is 25.0 Å². The van der Waals surface area contributed by atoms with Crippen molar-refractivity contribution in [3.63, 3.8) is 0 Å². The van der Waals surface area contributed by atoms with Gasteiger partial charge in [0.15, 0.2) is 5.82 Å². The van der Waals surface area contributed by atoms with E-state index in [1.54, 1.807) is 16.9 Å². The second-order valence-corrected chi connectivity index (χ2v) is 9.96. The van der Waals surface area contributed by atoms with E-state index in [4.69, 9.17) is 12.3 Å². The molecule has 1 saturated heterocycles. The van der Waals surface area contributed by atoms with Crippen LogP contribution in [0.2, 0.25) is 0 Å². The van der Waals surface area contributed by atoms with Crippen molar-refractivity contribution >= 4 is 17.6 Å². The zero-order valence-corrected chi connectivity index (χ0v) is 20.5. The third kappa shape index (κ3) is 5.25. The number of rotatable bonds is 8. The van der Waals surface area contributed by atoms with Crippen LogP contribution in [0.15, 0.2) is 54.7 Å². The monoisotopic (exact) mass is 500 g/mol. The summed E-state index contributed by atoms with van der Waals surface area (Å²) >= 11 is 0. The van der Waals surface area contributed by atoms with E-state index in [2.05, 4.69) is 20.2 Å². The fourth-order valence-electron chi connectivity index (χ4n) is 4.96. The van der Waals surface area contributed by atoms with E-state index in [1.165, 1.54) is 0 Å². The maximum Gasteiger partial charge on any atom is 0.254 e. The fourth-order valence-corrected chi connectivity index (χ4v) is 4.96. The first-order valence-electron chi connectivity index (χ1n) is 12.5. The number of primary amides is 1. The molecule has 190 valence electrons. The number of amides is 2. The number of anilines is 1. The Morgan fingerprint density at radius 1 is 1.16 bits per heavy atom. The summed E-state index contributed by atoms with van der Waals surface area (Å²) in [5.41, 5.74) is 7.40. The normalized spacial score (nSPS) is 17.2. The van der Waals surface area contributed by atoms with Gasteiger partial charge >= 0.3 is 0 Å². The highest BCUT2D eigenvalue weighted by molar-refractivity contribution is 6.02. The molecule has 1 saturated carbocycles. The maximum absolute atomic E-state index is 14.9. The predicted molar refractivity (Wildman–Crippen MR) is 138 cm³/mol. The van der Waals surface area contributed by atoms with E-state index in [1.807, 2.05) is 42.5 Å². The molecule has 1 aromatic heterocycles. The number of nitrogens with two attached hydrogens (primary N) is 1. The van der Waals surface area contributed by atoms with Crippen molar-refractivity contribution < 1.29 is 14.0 Å². The van der Waals surface area contributed by atoms with Gasteiger partial charge in [-0.15, -0.1) is 0 Å². The van der Waals surface area contributed by atoms with Crippen molar-refractivity contribution in [2.24, 2.45) is 11.7 Å². The molecular formula is C28H29FN6O2. The third-order valence-corrected chi connectivity index (χ3v) is 7.34. The summed E-state index contributed by atoms with van der Waals surface area (Å²) in [6.45, 7) is 9.68. The Hall–Kier alpha value is -4.03. The fraction of sp³-hybridized carbons (Fsp3) is 0.357. The molecule has 8 nitrogen and oxygen atoms in total. The molecule has 2 aromatic carbocycles. The van der Waals surface area contributed by atoms with Gasteiger partial charge in [-0.2, -0.15) is 5.10 Å². The van der Waals surface area contributed by atoms with Crippen LogP contribution in [0.25, 0.3) is 16.0 Å². The maximum atomic E-state index is 14.9. The lowest BCUT2D eigenvalue weighted by Gasteiger charge is -2.38. The molecule has 0 atom stereocenters. The van der Waals surface area contributed by atoms with Crippen molar-refractivity contribution in [2.45, 2.75) is 37.8 Å². The molecule has 3 aromatic rings. The molecule has 0 spiro atoms. The molecule has 37 heavy (non-hydrogen) atoms. The van der Waals surface area contributed by atoms with Crippen LogP contribution < -0.4 is 11.1 Å². The van der Waals surface area contributed by atoms with Crippen LogP contribution in [-0.2, 0) is 16.9 Å². The highest BCUT2D eigenvalue weighted by atomic mass is 19.1. The van der Waals surface area contributed by atoms with E-state index in [0.29, 0.717) is 38.0 Å². The molecular weight excluding hydrogens is 471 g/mol. The Morgan fingerprint density at radius 3 is 2.51 bits per heavy atom. The predicted octanol–water partition coefficient (Wildman–Crippen LogP) is 4.05. The number of benzene rings is 2. The topological polar surface area (TPSA) is 97.6 Å². The molecule has 0 unspecified atom stereocenters. The smallest absolute Gasteiger partial charge is 0.254 e. The quantitative estimate of drug-likeness (QED) is 0.456. The number of carbonyl (C=O) groups is 2. The number of piperidine rings is 1. The number of aromatic nitrogens is 2. The Kier molecular flexibility index (Phi) is 6.76. The van der Waals surface area contributed by atoms with Crippen molar-refractivity contribution in [1.82, 2.24) is 14.7 Å². The van der Waals surface area contributed by atoms with Gasteiger partial charge in [0.05, 0.1) is 0 Å². The summed E-state index contributed by atoms with van der Waals surface area (Å²) in [4.78, 5) is 30.2. The van der Waals surface area contributed by atoms with E-state index >= 15 is 0 Å². The van der Waals surface area contributed by atoms with Crippen LogP contribution in [0.4, 0.5) is 10.2 Å². The summed E-state index contributed by atoms with van der Waals surface area (Å²) in [6, 6.07) is 14.8. The largest absolute Gasteiger partial charge is 0.365 e. The Morgan fingerprint density at radius 2 is 1.89 bits per heavy atom. The van der Waals surface area contributed by atoms with Gasteiger partial charge in [-0.1, -0.05) is 42.5 Å². The van der Waals surface area contributed by atoms with Gasteiger partial charge in [0.25, 0.3) is 5.91 Å². The molecule has 9 heteroatoms. The minimum Gasteiger partial charge on any atom is -0.365 e. The second-order valence-electron chi connectivity index (χ2n) is 9.96.